The Morgan fingerprint density at radius 1 is 1.40 bits per heavy atom. The monoisotopic (exact) mass is 275 g/mol. The fraction of sp³-hybridized carbons (Fsp3) is 0.688. The maximum absolute atomic E-state index is 5.94. The summed E-state index contributed by atoms with van der Waals surface area (Å²) in [7, 11) is 0. The van der Waals surface area contributed by atoms with Crippen LogP contribution in [0.3, 0.4) is 0 Å². The molecule has 0 amide bonds. The van der Waals surface area contributed by atoms with Crippen LogP contribution in [0.5, 0.6) is 0 Å². The van der Waals surface area contributed by atoms with Crippen molar-refractivity contribution in [2.45, 2.75) is 57.9 Å². The van der Waals surface area contributed by atoms with Crippen LogP contribution in [-0.2, 0) is 11.3 Å². The third kappa shape index (κ3) is 3.49. The maximum atomic E-state index is 5.94. The Morgan fingerprint density at radius 2 is 2.20 bits per heavy atom. The highest BCUT2D eigenvalue weighted by Crippen LogP contribution is 2.25. The summed E-state index contributed by atoms with van der Waals surface area (Å²) in [4.78, 5) is 6.96. The highest BCUT2D eigenvalue weighted by atomic mass is 16.5. The predicted molar refractivity (Wildman–Crippen MR) is 80.9 cm³/mol. The molecule has 0 spiro atoms. The van der Waals surface area contributed by atoms with Crippen molar-refractivity contribution in [1.82, 2.24) is 10.3 Å². The van der Waals surface area contributed by atoms with E-state index in [1.54, 1.807) is 0 Å². The van der Waals surface area contributed by atoms with E-state index in [-0.39, 0.29) is 11.7 Å². The molecule has 2 aliphatic rings. The highest BCUT2D eigenvalue weighted by Gasteiger charge is 2.31. The van der Waals surface area contributed by atoms with Gasteiger partial charge in [0.2, 0.25) is 0 Å². The summed E-state index contributed by atoms with van der Waals surface area (Å²) in [5.74, 6) is 1.06. The minimum absolute atomic E-state index is 0.106. The van der Waals surface area contributed by atoms with Gasteiger partial charge in [-0.1, -0.05) is 6.07 Å². The van der Waals surface area contributed by atoms with E-state index in [9.17, 15) is 0 Å². The first-order valence-electron chi connectivity index (χ1n) is 7.63. The maximum Gasteiger partial charge on any atom is 0.128 e. The molecule has 1 saturated heterocycles. The first-order valence-corrected chi connectivity index (χ1v) is 7.63. The molecule has 4 heteroatoms. The number of ether oxygens (including phenoxy) is 1. The van der Waals surface area contributed by atoms with Crippen molar-refractivity contribution in [2.75, 3.05) is 18.0 Å². The summed E-state index contributed by atoms with van der Waals surface area (Å²) in [6, 6.07) is 5.07. The molecule has 1 aliphatic heterocycles. The number of aromatic nitrogens is 1. The molecule has 1 saturated carbocycles. The third-order valence-corrected chi connectivity index (χ3v) is 3.87. The number of anilines is 1. The van der Waals surface area contributed by atoms with Gasteiger partial charge in [-0.3, -0.25) is 0 Å². The van der Waals surface area contributed by atoms with Crippen molar-refractivity contribution in [3.8, 4) is 0 Å². The normalized spacial score (nSPS) is 25.8. The van der Waals surface area contributed by atoms with Crippen molar-refractivity contribution in [2.24, 2.45) is 0 Å². The zero-order valence-electron chi connectivity index (χ0n) is 12.7. The van der Waals surface area contributed by atoms with Gasteiger partial charge in [0, 0.05) is 31.9 Å². The molecule has 2 heterocycles. The van der Waals surface area contributed by atoms with Crippen molar-refractivity contribution in [3.63, 3.8) is 0 Å². The molecular formula is C16H25N3O. The minimum atomic E-state index is -0.106. The molecule has 20 heavy (non-hydrogen) atoms. The van der Waals surface area contributed by atoms with Gasteiger partial charge in [-0.2, -0.15) is 0 Å². The van der Waals surface area contributed by atoms with Crippen molar-refractivity contribution < 1.29 is 4.74 Å². The van der Waals surface area contributed by atoms with E-state index in [1.807, 2.05) is 6.20 Å². The predicted octanol–water partition coefficient (Wildman–Crippen LogP) is 2.34. The minimum Gasteiger partial charge on any atom is -0.369 e. The molecule has 4 nitrogen and oxygen atoms in total. The lowest BCUT2D eigenvalue weighted by Gasteiger charge is -2.42. The number of morpholine rings is 1. The van der Waals surface area contributed by atoms with Crippen LogP contribution >= 0.6 is 0 Å². The second-order valence-corrected chi connectivity index (χ2v) is 6.75. The van der Waals surface area contributed by atoms with Gasteiger partial charge in [0.15, 0.2) is 0 Å². The molecular weight excluding hydrogens is 250 g/mol. The summed E-state index contributed by atoms with van der Waals surface area (Å²) in [6.45, 7) is 9.15. The van der Waals surface area contributed by atoms with Crippen molar-refractivity contribution in [1.29, 1.82) is 0 Å². The second kappa shape index (κ2) is 5.34. The van der Waals surface area contributed by atoms with Gasteiger partial charge in [-0.15, -0.1) is 0 Å². The average molecular weight is 275 g/mol. The lowest BCUT2D eigenvalue weighted by atomic mass is 10.1. The fourth-order valence-corrected chi connectivity index (χ4v) is 2.89. The molecule has 2 fully saturated rings. The summed E-state index contributed by atoms with van der Waals surface area (Å²) < 4.78 is 5.94. The van der Waals surface area contributed by atoms with Crippen LogP contribution in [0.25, 0.3) is 0 Å². The number of nitrogens with zero attached hydrogens (tertiary/aromatic N) is 2. The number of rotatable bonds is 4. The first-order chi connectivity index (χ1) is 9.52. The number of hydrogen-bond acceptors (Lipinski definition) is 4. The van der Waals surface area contributed by atoms with Crippen molar-refractivity contribution in [3.05, 3.63) is 23.9 Å². The molecule has 1 aromatic heterocycles. The van der Waals surface area contributed by atoms with E-state index < -0.39 is 0 Å². The zero-order valence-corrected chi connectivity index (χ0v) is 12.7. The Bertz CT molecular complexity index is 453. The van der Waals surface area contributed by atoms with Crippen LogP contribution in [0, 0.1) is 0 Å². The number of hydrogen-bond donors (Lipinski definition) is 1. The quantitative estimate of drug-likeness (QED) is 0.915. The van der Waals surface area contributed by atoms with E-state index >= 15 is 0 Å². The Kier molecular flexibility index (Phi) is 3.69. The van der Waals surface area contributed by atoms with Gasteiger partial charge >= 0.3 is 0 Å². The largest absolute Gasteiger partial charge is 0.369 e. The standard InChI is InChI=1S/C16H25N3O/c1-12-10-19(11-16(2,3)20-12)15-7-4-13(9-18-15)8-17-14-5-6-14/h4,7,9,12,14,17H,5-6,8,10-11H2,1-3H3. The van der Waals surface area contributed by atoms with Crippen molar-refractivity contribution >= 4 is 5.82 Å². The topological polar surface area (TPSA) is 37.4 Å². The zero-order chi connectivity index (χ0) is 14.2. The molecule has 110 valence electrons. The molecule has 3 rings (SSSR count). The molecule has 1 unspecified atom stereocenters. The van der Waals surface area contributed by atoms with Crippen LogP contribution in [0.4, 0.5) is 5.82 Å². The van der Waals surface area contributed by atoms with Gasteiger partial charge in [0.05, 0.1) is 11.7 Å². The lowest BCUT2D eigenvalue weighted by Crippen LogP contribution is -2.52. The Labute approximate surface area is 121 Å². The average Bonchev–Trinajstić information content (AvgIpc) is 3.18. The third-order valence-electron chi connectivity index (χ3n) is 3.87. The van der Waals surface area contributed by atoms with Crippen LogP contribution < -0.4 is 10.2 Å². The van der Waals surface area contributed by atoms with E-state index in [0.29, 0.717) is 0 Å². The Hall–Kier alpha value is -1.13. The second-order valence-electron chi connectivity index (χ2n) is 6.75. The Morgan fingerprint density at radius 3 is 2.80 bits per heavy atom. The smallest absolute Gasteiger partial charge is 0.128 e. The van der Waals surface area contributed by atoms with Crippen LogP contribution in [0.2, 0.25) is 0 Å². The van der Waals surface area contributed by atoms with Gasteiger partial charge in [0.1, 0.15) is 5.82 Å². The van der Waals surface area contributed by atoms with Gasteiger partial charge < -0.3 is 15.0 Å². The lowest BCUT2D eigenvalue weighted by molar-refractivity contribution is -0.0751. The van der Waals surface area contributed by atoms with E-state index in [0.717, 1.165) is 31.5 Å². The first kappa shape index (κ1) is 13.8. The number of pyridine rings is 1. The highest BCUT2D eigenvalue weighted by molar-refractivity contribution is 5.40. The van der Waals surface area contributed by atoms with E-state index in [1.165, 1.54) is 18.4 Å². The molecule has 0 bridgehead atoms. The van der Waals surface area contributed by atoms with Crippen LogP contribution in [0.15, 0.2) is 18.3 Å². The fourth-order valence-electron chi connectivity index (χ4n) is 2.89. The van der Waals surface area contributed by atoms with Gasteiger partial charge in [-0.05, 0) is 45.2 Å². The Balaban J connectivity index is 1.63. The van der Waals surface area contributed by atoms with E-state index in [2.05, 4.69) is 48.1 Å². The summed E-state index contributed by atoms with van der Waals surface area (Å²) in [6.07, 6.45) is 4.90. The molecule has 1 aromatic rings. The molecule has 0 radical (unpaired) electrons. The molecule has 1 atom stereocenters. The summed E-state index contributed by atoms with van der Waals surface area (Å²) in [5, 5.41) is 3.52. The molecule has 1 N–H and O–H groups in total. The molecule has 1 aliphatic carbocycles. The van der Waals surface area contributed by atoms with E-state index in [4.69, 9.17) is 4.74 Å². The number of nitrogens with one attached hydrogen (secondary N) is 1. The summed E-state index contributed by atoms with van der Waals surface area (Å²) in [5.41, 5.74) is 1.16. The van der Waals surface area contributed by atoms with Gasteiger partial charge in [0.25, 0.3) is 0 Å². The molecule has 0 aromatic carbocycles. The summed E-state index contributed by atoms with van der Waals surface area (Å²) >= 11 is 0. The van der Waals surface area contributed by atoms with Crippen LogP contribution in [0.1, 0.15) is 39.2 Å². The van der Waals surface area contributed by atoms with Crippen LogP contribution in [-0.4, -0.2) is 35.8 Å². The SMILES string of the molecule is CC1CN(c2ccc(CNC3CC3)cn2)CC(C)(C)O1. The van der Waals surface area contributed by atoms with Gasteiger partial charge in [-0.25, -0.2) is 4.98 Å².